The lowest BCUT2D eigenvalue weighted by molar-refractivity contribution is 0.170. The molecule has 0 aliphatic rings. The van der Waals surface area contributed by atoms with E-state index in [4.69, 9.17) is 27.9 Å². The minimum atomic E-state index is -0.560. The van der Waals surface area contributed by atoms with Crippen LogP contribution in [0, 0.1) is 0 Å². The van der Waals surface area contributed by atoms with Crippen LogP contribution in [0.1, 0.15) is 0 Å². The van der Waals surface area contributed by atoms with Gasteiger partial charge in [0.05, 0.1) is 18.5 Å². The van der Waals surface area contributed by atoms with Gasteiger partial charge in [-0.25, -0.2) is 4.79 Å². The lowest BCUT2D eigenvalue weighted by atomic mass is 10.1. The summed E-state index contributed by atoms with van der Waals surface area (Å²) in [7, 11) is 1.32. The number of hydrogen-bond acceptors (Lipinski definition) is 3. The Hall–Kier alpha value is -2.30. The maximum absolute atomic E-state index is 12.0. The molecular formula is C17H12Cl2N2O2. The van der Waals surface area contributed by atoms with Gasteiger partial charge in [0, 0.05) is 21.2 Å². The van der Waals surface area contributed by atoms with E-state index in [1.165, 1.54) is 11.8 Å². The van der Waals surface area contributed by atoms with Crippen LogP contribution in [0.15, 0.2) is 54.6 Å². The maximum atomic E-state index is 12.0. The van der Waals surface area contributed by atoms with E-state index < -0.39 is 6.09 Å². The number of carbonyl (C=O) groups is 1. The Morgan fingerprint density at radius 3 is 2.00 bits per heavy atom. The highest BCUT2D eigenvalue weighted by Gasteiger charge is 2.17. The van der Waals surface area contributed by atoms with Gasteiger partial charge in [-0.15, -0.1) is 0 Å². The number of halogens is 2. The molecule has 0 fully saturated rings. The zero-order chi connectivity index (χ0) is 16.4. The molecule has 0 saturated carbocycles. The van der Waals surface area contributed by atoms with E-state index in [1.54, 1.807) is 24.3 Å². The molecular weight excluding hydrogens is 335 g/mol. The summed E-state index contributed by atoms with van der Waals surface area (Å²) in [5, 5.41) is 5.60. The van der Waals surface area contributed by atoms with E-state index in [9.17, 15) is 4.79 Å². The second-order valence-electron chi connectivity index (χ2n) is 4.81. The van der Waals surface area contributed by atoms with Crippen LogP contribution in [0.25, 0.3) is 22.5 Å². The van der Waals surface area contributed by atoms with Gasteiger partial charge in [-0.1, -0.05) is 47.5 Å². The van der Waals surface area contributed by atoms with Crippen LogP contribution in [0.2, 0.25) is 10.0 Å². The molecule has 0 radical (unpaired) electrons. The van der Waals surface area contributed by atoms with E-state index in [0.29, 0.717) is 21.4 Å². The van der Waals surface area contributed by atoms with Crippen molar-refractivity contribution in [1.29, 1.82) is 0 Å². The quantitative estimate of drug-likeness (QED) is 0.645. The van der Waals surface area contributed by atoms with E-state index in [-0.39, 0.29) is 0 Å². The minimum absolute atomic E-state index is 0.560. The summed E-state index contributed by atoms with van der Waals surface area (Å²) >= 11 is 11.8. The molecule has 4 nitrogen and oxygen atoms in total. The standard InChI is InChI=1S/C17H12Cl2N2O2/c1-23-17(22)21-16(12-4-8-14(19)9-5-12)10-15(20-21)11-2-6-13(18)7-3-11/h2-10H,1H3. The van der Waals surface area contributed by atoms with Crippen molar-refractivity contribution in [2.75, 3.05) is 7.11 Å². The van der Waals surface area contributed by atoms with Crippen molar-refractivity contribution in [2.45, 2.75) is 0 Å². The summed E-state index contributed by atoms with van der Waals surface area (Å²) in [6.07, 6.45) is -0.560. The predicted molar refractivity (Wildman–Crippen MR) is 90.9 cm³/mol. The van der Waals surface area contributed by atoms with Crippen molar-refractivity contribution < 1.29 is 9.53 Å². The fourth-order valence-corrected chi connectivity index (χ4v) is 2.45. The minimum Gasteiger partial charge on any atom is -0.451 e. The lowest BCUT2D eigenvalue weighted by Crippen LogP contribution is -2.14. The molecule has 0 aliphatic heterocycles. The summed E-state index contributed by atoms with van der Waals surface area (Å²) in [4.78, 5) is 12.0. The molecule has 0 saturated heterocycles. The Morgan fingerprint density at radius 1 is 0.957 bits per heavy atom. The molecule has 2 aromatic carbocycles. The van der Waals surface area contributed by atoms with Gasteiger partial charge >= 0.3 is 6.09 Å². The van der Waals surface area contributed by atoms with Crippen LogP contribution in [-0.2, 0) is 4.74 Å². The first-order valence-electron chi connectivity index (χ1n) is 6.79. The van der Waals surface area contributed by atoms with Gasteiger partial charge in [0.25, 0.3) is 0 Å². The van der Waals surface area contributed by atoms with E-state index in [0.717, 1.165) is 11.1 Å². The number of hydrogen-bond donors (Lipinski definition) is 0. The smallest absolute Gasteiger partial charge is 0.434 e. The number of benzene rings is 2. The third kappa shape index (κ3) is 3.23. The monoisotopic (exact) mass is 346 g/mol. The van der Waals surface area contributed by atoms with Gasteiger partial charge in [-0.3, -0.25) is 0 Å². The third-order valence-electron chi connectivity index (χ3n) is 3.34. The first-order chi connectivity index (χ1) is 11.1. The second kappa shape index (κ2) is 6.44. The van der Waals surface area contributed by atoms with Gasteiger partial charge in [0.15, 0.2) is 0 Å². The zero-order valence-corrected chi connectivity index (χ0v) is 13.7. The highest BCUT2D eigenvalue weighted by Crippen LogP contribution is 2.28. The number of methoxy groups -OCH3 is 1. The Bertz CT molecular complexity index is 840. The van der Waals surface area contributed by atoms with Crippen LogP contribution in [0.4, 0.5) is 4.79 Å². The molecule has 0 aliphatic carbocycles. The van der Waals surface area contributed by atoms with Crippen molar-refractivity contribution in [1.82, 2.24) is 9.78 Å². The highest BCUT2D eigenvalue weighted by molar-refractivity contribution is 6.30. The van der Waals surface area contributed by atoms with E-state index in [1.807, 2.05) is 30.3 Å². The average Bonchev–Trinajstić information content (AvgIpc) is 3.00. The van der Waals surface area contributed by atoms with Crippen LogP contribution < -0.4 is 0 Å². The Kier molecular flexibility index (Phi) is 4.37. The number of carbonyl (C=O) groups excluding carboxylic acids is 1. The fraction of sp³-hybridized carbons (Fsp3) is 0.0588. The molecule has 0 amide bonds. The maximum Gasteiger partial charge on any atom is 0.434 e. The van der Waals surface area contributed by atoms with Gasteiger partial charge in [0.2, 0.25) is 0 Å². The lowest BCUT2D eigenvalue weighted by Gasteiger charge is -2.04. The molecule has 23 heavy (non-hydrogen) atoms. The highest BCUT2D eigenvalue weighted by atomic mass is 35.5. The number of rotatable bonds is 2. The van der Waals surface area contributed by atoms with Crippen molar-refractivity contribution in [2.24, 2.45) is 0 Å². The largest absolute Gasteiger partial charge is 0.451 e. The number of ether oxygens (including phenoxy) is 1. The summed E-state index contributed by atoms with van der Waals surface area (Å²) in [6, 6.07) is 16.2. The predicted octanol–water partition coefficient (Wildman–Crippen LogP) is 5.14. The number of nitrogens with zero attached hydrogens (tertiary/aromatic N) is 2. The Balaban J connectivity index is 2.12. The van der Waals surface area contributed by atoms with Crippen molar-refractivity contribution in [3.05, 3.63) is 64.6 Å². The van der Waals surface area contributed by atoms with Crippen LogP contribution in [-0.4, -0.2) is 23.0 Å². The SMILES string of the molecule is COC(=O)n1nc(-c2ccc(Cl)cc2)cc1-c1ccc(Cl)cc1. The average molecular weight is 347 g/mol. The molecule has 1 heterocycles. The van der Waals surface area contributed by atoms with E-state index in [2.05, 4.69) is 5.10 Å². The molecule has 3 aromatic rings. The number of aromatic nitrogens is 2. The van der Waals surface area contributed by atoms with Crippen molar-refractivity contribution in [3.63, 3.8) is 0 Å². The van der Waals surface area contributed by atoms with Crippen LogP contribution >= 0.6 is 23.2 Å². The first kappa shape index (κ1) is 15.6. The van der Waals surface area contributed by atoms with Crippen molar-refractivity contribution in [3.8, 4) is 22.5 Å². The Labute approximate surface area is 143 Å². The molecule has 0 atom stereocenters. The first-order valence-corrected chi connectivity index (χ1v) is 7.54. The normalized spacial score (nSPS) is 10.6. The Morgan fingerprint density at radius 2 is 1.48 bits per heavy atom. The summed E-state index contributed by atoms with van der Waals surface area (Å²) in [5.74, 6) is 0. The molecule has 0 spiro atoms. The fourth-order valence-electron chi connectivity index (χ4n) is 2.19. The summed E-state index contributed by atoms with van der Waals surface area (Å²) < 4.78 is 6.03. The molecule has 0 unspecified atom stereocenters. The third-order valence-corrected chi connectivity index (χ3v) is 3.84. The van der Waals surface area contributed by atoms with Gasteiger partial charge in [-0.2, -0.15) is 9.78 Å². The van der Waals surface area contributed by atoms with Crippen LogP contribution in [0.5, 0.6) is 0 Å². The van der Waals surface area contributed by atoms with E-state index >= 15 is 0 Å². The molecule has 6 heteroatoms. The van der Waals surface area contributed by atoms with Gasteiger partial charge in [0.1, 0.15) is 0 Å². The molecule has 0 N–H and O–H groups in total. The topological polar surface area (TPSA) is 44.1 Å². The summed E-state index contributed by atoms with van der Waals surface area (Å²) in [5.41, 5.74) is 2.94. The second-order valence-corrected chi connectivity index (χ2v) is 5.68. The molecule has 1 aromatic heterocycles. The molecule has 0 bridgehead atoms. The summed E-state index contributed by atoms with van der Waals surface area (Å²) in [6.45, 7) is 0. The van der Waals surface area contributed by atoms with Crippen molar-refractivity contribution >= 4 is 29.3 Å². The van der Waals surface area contributed by atoms with Crippen LogP contribution in [0.3, 0.4) is 0 Å². The molecule has 3 rings (SSSR count). The van der Waals surface area contributed by atoms with Gasteiger partial charge in [-0.05, 0) is 30.3 Å². The van der Waals surface area contributed by atoms with Gasteiger partial charge < -0.3 is 4.74 Å². The zero-order valence-electron chi connectivity index (χ0n) is 12.2. The molecule has 116 valence electrons.